The second kappa shape index (κ2) is 7.61. The largest absolute Gasteiger partial charge is 0.423 e. The molecule has 0 N–H and O–H groups in total. The van der Waals surface area contributed by atoms with Crippen molar-refractivity contribution in [2.45, 2.75) is 24.7 Å². The van der Waals surface area contributed by atoms with E-state index in [1.165, 1.54) is 24.3 Å². The van der Waals surface area contributed by atoms with Crippen LogP contribution in [-0.4, -0.2) is 13.3 Å². The van der Waals surface area contributed by atoms with E-state index in [0.29, 0.717) is 11.8 Å². The number of nitrogens with zero attached hydrogens (tertiary/aromatic N) is 1. The van der Waals surface area contributed by atoms with Gasteiger partial charge in [-0.3, -0.25) is 10.1 Å². The van der Waals surface area contributed by atoms with Crippen LogP contribution in [0.2, 0.25) is 5.02 Å². The highest BCUT2D eigenvalue weighted by molar-refractivity contribution is 7.87. The summed E-state index contributed by atoms with van der Waals surface area (Å²) >= 11 is 5.71. The van der Waals surface area contributed by atoms with Crippen LogP contribution in [0.15, 0.2) is 56.6 Å². The van der Waals surface area contributed by atoms with E-state index in [1.54, 1.807) is 6.07 Å². The molecular formula is C18H14ClNO7S. The molecule has 3 rings (SSSR count). The second-order valence-corrected chi connectivity index (χ2v) is 7.86. The van der Waals surface area contributed by atoms with Gasteiger partial charge in [-0.15, -0.1) is 0 Å². The number of nitro groups is 1. The fraction of sp³-hybridized carbons (Fsp3) is 0.167. The first-order valence-electron chi connectivity index (χ1n) is 8.16. The Labute approximate surface area is 164 Å². The molecule has 0 radical (unpaired) electrons. The molecular weight excluding hydrogens is 410 g/mol. The average Bonchev–Trinajstić information content (AvgIpc) is 2.60. The number of aryl methyl sites for hydroxylation is 1. The topological polar surface area (TPSA) is 117 Å². The number of halogens is 1. The molecule has 10 heteroatoms. The molecule has 8 nitrogen and oxygen atoms in total. The Kier molecular flexibility index (Phi) is 5.39. The third-order valence-corrected chi connectivity index (χ3v) is 5.44. The van der Waals surface area contributed by atoms with Crippen molar-refractivity contribution in [1.29, 1.82) is 0 Å². The highest BCUT2D eigenvalue weighted by atomic mass is 35.5. The van der Waals surface area contributed by atoms with Crippen molar-refractivity contribution in [1.82, 2.24) is 0 Å². The van der Waals surface area contributed by atoms with Crippen molar-refractivity contribution >= 4 is 38.4 Å². The van der Waals surface area contributed by atoms with Crippen LogP contribution in [0.1, 0.15) is 18.9 Å². The fourth-order valence-electron chi connectivity index (χ4n) is 2.75. The molecule has 0 fully saturated rings. The summed E-state index contributed by atoms with van der Waals surface area (Å²) in [5.41, 5.74) is -0.333. The molecule has 0 saturated heterocycles. The monoisotopic (exact) mass is 423 g/mol. The highest BCUT2D eigenvalue weighted by Crippen LogP contribution is 2.31. The van der Waals surface area contributed by atoms with Gasteiger partial charge in [0.05, 0.1) is 4.92 Å². The van der Waals surface area contributed by atoms with E-state index in [1.807, 2.05) is 6.92 Å². The van der Waals surface area contributed by atoms with Crippen LogP contribution in [0.3, 0.4) is 0 Å². The molecule has 0 amide bonds. The first-order valence-corrected chi connectivity index (χ1v) is 9.95. The van der Waals surface area contributed by atoms with Crippen molar-refractivity contribution in [2.75, 3.05) is 0 Å². The van der Waals surface area contributed by atoms with Gasteiger partial charge in [-0.05, 0) is 36.2 Å². The quantitative estimate of drug-likeness (QED) is 0.254. The van der Waals surface area contributed by atoms with Gasteiger partial charge in [0.1, 0.15) is 11.3 Å². The van der Waals surface area contributed by atoms with E-state index >= 15 is 0 Å². The summed E-state index contributed by atoms with van der Waals surface area (Å²) in [7, 11) is -4.52. The minimum Gasteiger partial charge on any atom is -0.423 e. The minimum absolute atomic E-state index is 0.0154. The predicted molar refractivity (Wildman–Crippen MR) is 102 cm³/mol. The van der Waals surface area contributed by atoms with Gasteiger partial charge in [-0.2, -0.15) is 8.42 Å². The number of hydrogen-bond acceptors (Lipinski definition) is 7. The summed E-state index contributed by atoms with van der Waals surface area (Å²) in [6, 6.07) is 8.74. The Hall–Kier alpha value is -2.91. The van der Waals surface area contributed by atoms with Crippen molar-refractivity contribution in [3.8, 4) is 5.75 Å². The Morgan fingerprint density at radius 3 is 2.61 bits per heavy atom. The van der Waals surface area contributed by atoms with Crippen molar-refractivity contribution in [3.63, 3.8) is 0 Å². The lowest BCUT2D eigenvalue weighted by atomic mass is 10.1. The van der Waals surface area contributed by atoms with Crippen LogP contribution in [0.25, 0.3) is 11.0 Å². The molecule has 1 heterocycles. The minimum atomic E-state index is -4.52. The zero-order valence-electron chi connectivity index (χ0n) is 14.5. The van der Waals surface area contributed by atoms with E-state index in [9.17, 15) is 23.3 Å². The Bertz CT molecular complexity index is 1230. The summed E-state index contributed by atoms with van der Waals surface area (Å²) in [5, 5.41) is 11.8. The summed E-state index contributed by atoms with van der Waals surface area (Å²) in [6.07, 6.45) is 1.46. The smallest absolute Gasteiger partial charge is 0.346 e. The summed E-state index contributed by atoms with van der Waals surface area (Å²) < 4.78 is 35.3. The standard InChI is InChI=1S/C18H14ClNO7S/c1-2-3-11-8-18(21)26-16-10-13(5-6-14(11)16)27-28(24,25)17-7-4-12(19)9-15(17)20(22)23/h4-10H,2-3H2,1H3. The van der Waals surface area contributed by atoms with Gasteiger partial charge < -0.3 is 8.60 Å². The molecule has 28 heavy (non-hydrogen) atoms. The van der Waals surface area contributed by atoms with Gasteiger partial charge in [0.2, 0.25) is 0 Å². The van der Waals surface area contributed by atoms with Gasteiger partial charge in [-0.1, -0.05) is 24.9 Å². The number of fused-ring (bicyclic) bond motifs is 1. The maximum Gasteiger partial charge on any atom is 0.346 e. The molecule has 2 aromatic carbocycles. The van der Waals surface area contributed by atoms with E-state index in [4.69, 9.17) is 20.2 Å². The number of rotatable bonds is 6. The summed E-state index contributed by atoms with van der Waals surface area (Å²) in [5.74, 6) is -0.145. The lowest BCUT2D eigenvalue weighted by molar-refractivity contribution is -0.387. The van der Waals surface area contributed by atoms with Gasteiger partial charge in [-0.25, -0.2) is 4.79 Å². The van der Waals surface area contributed by atoms with E-state index in [0.717, 1.165) is 24.1 Å². The molecule has 0 bridgehead atoms. The third kappa shape index (κ3) is 4.00. The van der Waals surface area contributed by atoms with E-state index in [-0.39, 0.29) is 16.4 Å². The normalized spacial score (nSPS) is 11.5. The van der Waals surface area contributed by atoms with Crippen LogP contribution in [0.4, 0.5) is 5.69 Å². The Morgan fingerprint density at radius 1 is 1.18 bits per heavy atom. The van der Waals surface area contributed by atoms with E-state index in [2.05, 4.69) is 0 Å². The molecule has 0 unspecified atom stereocenters. The Balaban J connectivity index is 2.05. The van der Waals surface area contributed by atoms with Crippen LogP contribution >= 0.6 is 11.6 Å². The SMILES string of the molecule is CCCc1cc(=O)oc2cc(OS(=O)(=O)c3ccc(Cl)cc3[N+](=O)[O-])ccc12. The molecule has 1 aromatic heterocycles. The van der Waals surface area contributed by atoms with Crippen LogP contribution in [0.5, 0.6) is 5.75 Å². The molecule has 0 spiro atoms. The van der Waals surface area contributed by atoms with Crippen LogP contribution < -0.4 is 9.81 Å². The highest BCUT2D eigenvalue weighted by Gasteiger charge is 2.28. The van der Waals surface area contributed by atoms with Crippen LogP contribution in [0, 0.1) is 10.1 Å². The predicted octanol–water partition coefficient (Wildman–Crippen LogP) is 4.07. The number of hydrogen-bond donors (Lipinski definition) is 0. The van der Waals surface area contributed by atoms with Gasteiger partial charge >= 0.3 is 15.7 Å². The fourth-order valence-corrected chi connectivity index (χ4v) is 3.99. The van der Waals surface area contributed by atoms with Crippen LogP contribution in [-0.2, 0) is 16.5 Å². The van der Waals surface area contributed by atoms with Crippen molar-refractivity contribution in [2.24, 2.45) is 0 Å². The zero-order valence-corrected chi connectivity index (χ0v) is 16.1. The molecule has 0 aliphatic heterocycles. The average molecular weight is 424 g/mol. The molecule has 0 aliphatic rings. The van der Waals surface area contributed by atoms with Crippen molar-refractivity contribution < 1.29 is 21.9 Å². The third-order valence-electron chi connectivity index (χ3n) is 3.91. The summed E-state index contributed by atoms with van der Waals surface area (Å²) in [6.45, 7) is 1.96. The van der Waals surface area contributed by atoms with E-state index < -0.39 is 31.2 Å². The maximum absolute atomic E-state index is 12.5. The van der Waals surface area contributed by atoms with Gasteiger partial charge in [0.15, 0.2) is 4.90 Å². The van der Waals surface area contributed by atoms with Gasteiger partial charge in [0, 0.05) is 28.6 Å². The first-order chi connectivity index (χ1) is 13.2. The molecule has 0 saturated carbocycles. The summed E-state index contributed by atoms with van der Waals surface area (Å²) in [4.78, 5) is 21.4. The number of nitro benzene ring substituents is 1. The maximum atomic E-state index is 12.5. The lowest BCUT2D eigenvalue weighted by Crippen LogP contribution is -2.12. The van der Waals surface area contributed by atoms with Crippen molar-refractivity contribution in [3.05, 3.63) is 73.6 Å². The molecule has 0 atom stereocenters. The molecule has 3 aromatic rings. The Morgan fingerprint density at radius 2 is 1.93 bits per heavy atom. The lowest BCUT2D eigenvalue weighted by Gasteiger charge is -2.09. The van der Waals surface area contributed by atoms with Gasteiger partial charge in [0.25, 0.3) is 5.69 Å². The number of benzene rings is 2. The zero-order chi connectivity index (χ0) is 20.5. The molecule has 146 valence electrons. The second-order valence-electron chi connectivity index (χ2n) is 5.91. The molecule has 0 aliphatic carbocycles. The first kappa shape index (κ1) is 19.8.